The summed E-state index contributed by atoms with van der Waals surface area (Å²) in [6.07, 6.45) is 4.49. The van der Waals surface area contributed by atoms with Crippen LogP contribution in [0.5, 0.6) is 0 Å². The van der Waals surface area contributed by atoms with Gasteiger partial charge in [-0.2, -0.15) is 0 Å². The molecule has 0 spiro atoms. The third-order valence-electron chi connectivity index (χ3n) is 6.75. The topological polar surface area (TPSA) is 27.7 Å². The Morgan fingerprint density at radius 3 is 1.12 bits per heavy atom. The number of hydrogen-bond acceptors (Lipinski definition) is 3. The quantitative estimate of drug-likeness (QED) is 0.101. The molecular weight excluding hydrogens is 546 g/mol. The average Bonchev–Trinajstić information content (AvgIpc) is 3.02. The summed E-state index contributed by atoms with van der Waals surface area (Å²) >= 11 is 0. The van der Waals surface area contributed by atoms with E-state index in [4.69, 9.17) is 13.3 Å². The van der Waals surface area contributed by atoms with Gasteiger partial charge in [-0.1, -0.05) is 121 Å². The van der Waals surface area contributed by atoms with Crippen LogP contribution in [0.4, 0.5) is 0 Å². The molecule has 0 bridgehead atoms. The highest BCUT2D eigenvalue weighted by Gasteiger charge is 2.24. The number of hydrogen-bond donors (Lipinski definition) is 0. The summed E-state index contributed by atoms with van der Waals surface area (Å²) in [5.74, 6) is 0.427. The predicted octanol–water partition coefficient (Wildman–Crippen LogP) is 6.72. The zero-order valence-corrected chi connectivity index (χ0v) is 26.5. The van der Waals surface area contributed by atoms with Crippen LogP contribution < -0.4 is 21.2 Å². The van der Waals surface area contributed by atoms with Crippen LogP contribution >= 0.6 is 15.8 Å². The Labute approximate surface area is 245 Å². The molecule has 4 aromatic rings. The van der Waals surface area contributed by atoms with Crippen molar-refractivity contribution in [3.05, 3.63) is 121 Å². The highest BCUT2D eigenvalue weighted by molar-refractivity contribution is 7.73. The third kappa shape index (κ3) is 9.74. The van der Waals surface area contributed by atoms with Crippen molar-refractivity contribution in [2.45, 2.75) is 26.7 Å². The van der Waals surface area contributed by atoms with Gasteiger partial charge in [0.15, 0.2) is 0 Å². The van der Waals surface area contributed by atoms with Crippen molar-refractivity contribution < 1.29 is 13.3 Å². The lowest BCUT2D eigenvalue weighted by atomic mass is 10.1. The van der Waals surface area contributed by atoms with Crippen molar-refractivity contribution in [1.29, 1.82) is 0 Å². The van der Waals surface area contributed by atoms with Crippen molar-refractivity contribution in [2.24, 2.45) is 5.92 Å². The molecule has 0 N–H and O–H groups in total. The Bertz CT molecular complexity index is 1030. The first-order valence-electron chi connectivity index (χ1n) is 14.3. The van der Waals surface area contributed by atoms with Crippen molar-refractivity contribution >= 4 is 46.6 Å². The molecule has 0 fully saturated rings. The minimum absolute atomic E-state index is 0.427. The van der Waals surface area contributed by atoms with Gasteiger partial charge in [0.25, 0.3) is 0 Å². The molecule has 0 unspecified atom stereocenters. The SMILES string of the molecule is CCO[Si](OCC)OCC(CCP(c1ccccc1)c1ccccc1)CCP(c1ccccc1)c1ccccc1. The summed E-state index contributed by atoms with van der Waals surface area (Å²) in [7, 11) is -2.60. The lowest BCUT2D eigenvalue weighted by molar-refractivity contribution is 0.0863. The minimum atomic E-state index is -1.71. The van der Waals surface area contributed by atoms with Crippen LogP contribution in [-0.4, -0.2) is 41.7 Å². The molecule has 0 atom stereocenters. The maximum absolute atomic E-state index is 6.34. The van der Waals surface area contributed by atoms with Crippen molar-refractivity contribution in [3.63, 3.8) is 0 Å². The molecule has 0 heterocycles. The van der Waals surface area contributed by atoms with Gasteiger partial charge in [0.05, 0.1) is 0 Å². The molecule has 3 nitrogen and oxygen atoms in total. The molecule has 6 heteroatoms. The minimum Gasteiger partial charge on any atom is -0.371 e. The average molecular weight is 588 g/mol. The van der Waals surface area contributed by atoms with E-state index in [0.717, 1.165) is 25.2 Å². The fraction of sp³-hybridized carbons (Fsp3) is 0.294. The van der Waals surface area contributed by atoms with Gasteiger partial charge >= 0.3 is 9.53 Å². The molecule has 4 aromatic carbocycles. The Balaban J connectivity index is 1.53. The Morgan fingerprint density at radius 1 is 0.500 bits per heavy atom. The van der Waals surface area contributed by atoms with Gasteiger partial charge in [0.1, 0.15) is 0 Å². The van der Waals surface area contributed by atoms with Gasteiger partial charge in [-0.25, -0.2) is 0 Å². The predicted molar refractivity (Wildman–Crippen MR) is 176 cm³/mol. The monoisotopic (exact) mass is 587 g/mol. The van der Waals surface area contributed by atoms with Gasteiger partial charge in [0.2, 0.25) is 0 Å². The standard InChI is InChI=1S/C34H41O3P2Si/c1-3-35-40(36-4-2)37-29-30(25-27-38(31-17-9-5-10-18-31)32-19-11-6-12-20-32)26-28-39(33-21-13-7-14-22-33)34-23-15-8-16-24-34/h5-24,30H,3-4,25-29H2,1-2H3. The van der Waals surface area contributed by atoms with E-state index in [1.807, 2.05) is 13.8 Å². The summed E-state index contributed by atoms with van der Waals surface area (Å²) in [6, 6.07) is 44.1. The van der Waals surface area contributed by atoms with E-state index in [-0.39, 0.29) is 0 Å². The van der Waals surface area contributed by atoms with Crippen LogP contribution in [0.25, 0.3) is 0 Å². The maximum atomic E-state index is 6.34. The largest absolute Gasteiger partial charge is 0.577 e. The molecule has 0 aliphatic carbocycles. The van der Waals surface area contributed by atoms with Crippen molar-refractivity contribution in [3.8, 4) is 0 Å². The Hall–Kier alpha value is -2.16. The van der Waals surface area contributed by atoms with Gasteiger partial charge < -0.3 is 13.3 Å². The Kier molecular flexibility index (Phi) is 13.6. The normalized spacial score (nSPS) is 11.7. The van der Waals surface area contributed by atoms with E-state index < -0.39 is 25.4 Å². The first kappa shape index (κ1) is 30.8. The molecular formula is C34H41O3P2Si. The number of rotatable bonds is 17. The summed E-state index contributed by atoms with van der Waals surface area (Å²) < 4.78 is 18.0. The van der Waals surface area contributed by atoms with Crippen LogP contribution in [0, 0.1) is 5.92 Å². The molecule has 0 aliphatic rings. The smallest absolute Gasteiger partial charge is 0.371 e. The first-order chi connectivity index (χ1) is 19.8. The lowest BCUT2D eigenvalue weighted by Gasteiger charge is -2.26. The molecule has 0 saturated carbocycles. The second kappa shape index (κ2) is 17.6. The van der Waals surface area contributed by atoms with E-state index in [1.54, 1.807) is 0 Å². The van der Waals surface area contributed by atoms with E-state index in [2.05, 4.69) is 121 Å². The summed E-state index contributed by atoms with van der Waals surface area (Å²) in [5.41, 5.74) is 0. The molecule has 0 saturated heterocycles. The fourth-order valence-corrected chi connectivity index (χ4v) is 10.8. The van der Waals surface area contributed by atoms with Crippen LogP contribution in [0.2, 0.25) is 0 Å². The summed E-state index contributed by atoms with van der Waals surface area (Å²) in [6.45, 7) is 5.90. The lowest BCUT2D eigenvalue weighted by Crippen LogP contribution is -2.30. The number of benzene rings is 4. The van der Waals surface area contributed by atoms with Gasteiger partial charge in [0, 0.05) is 19.8 Å². The van der Waals surface area contributed by atoms with Crippen LogP contribution in [0.15, 0.2) is 121 Å². The molecule has 209 valence electrons. The van der Waals surface area contributed by atoms with Crippen LogP contribution in [-0.2, 0) is 13.3 Å². The van der Waals surface area contributed by atoms with Gasteiger partial charge in [-0.15, -0.1) is 0 Å². The van der Waals surface area contributed by atoms with E-state index >= 15 is 0 Å². The molecule has 0 aliphatic heterocycles. The zero-order chi connectivity index (χ0) is 27.8. The molecule has 0 amide bonds. The Morgan fingerprint density at radius 2 is 0.825 bits per heavy atom. The maximum Gasteiger partial charge on any atom is 0.577 e. The van der Waals surface area contributed by atoms with Gasteiger partial charge in [-0.3, -0.25) is 0 Å². The highest BCUT2D eigenvalue weighted by Crippen LogP contribution is 2.39. The van der Waals surface area contributed by atoms with E-state index in [0.29, 0.717) is 25.7 Å². The fourth-order valence-electron chi connectivity index (χ4n) is 4.73. The molecule has 4 rings (SSSR count). The van der Waals surface area contributed by atoms with Crippen LogP contribution in [0.3, 0.4) is 0 Å². The van der Waals surface area contributed by atoms with E-state index in [9.17, 15) is 0 Å². The zero-order valence-electron chi connectivity index (χ0n) is 23.7. The van der Waals surface area contributed by atoms with Crippen LogP contribution in [0.1, 0.15) is 26.7 Å². The first-order valence-corrected chi connectivity index (χ1v) is 18.6. The van der Waals surface area contributed by atoms with Gasteiger partial charge in [-0.05, 0) is 82.0 Å². The summed E-state index contributed by atoms with van der Waals surface area (Å²) in [5, 5.41) is 5.75. The molecule has 1 radical (unpaired) electrons. The molecule has 0 aromatic heterocycles. The van der Waals surface area contributed by atoms with E-state index in [1.165, 1.54) is 21.2 Å². The second-order valence-corrected chi connectivity index (χ2v) is 15.6. The third-order valence-corrected chi connectivity index (χ3v) is 13.3. The second-order valence-electron chi connectivity index (χ2n) is 9.52. The highest BCUT2D eigenvalue weighted by atomic mass is 31.1. The summed E-state index contributed by atoms with van der Waals surface area (Å²) in [4.78, 5) is 0. The molecule has 40 heavy (non-hydrogen) atoms. The van der Waals surface area contributed by atoms with Crippen molar-refractivity contribution in [1.82, 2.24) is 0 Å². The van der Waals surface area contributed by atoms with Crippen molar-refractivity contribution in [2.75, 3.05) is 32.1 Å².